The molecule has 0 N–H and O–H groups in total. The van der Waals surface area contributed by atoms with Crippen LogP contribution in [-0.2, 0) is 0 Å². The Hall–Kier alpha value is -0.980. The molecule has 0 unspecified atom stereocenters. The molecule has 0 saturated carbocycles. The molecular weight excluding hydrogens is 215 g/mol. The third kappa shape index (κ3) is 2.09. The highest BCUT2D eigenvalue weighted by Gasteiger charge is 1.98. The molecular formula is C12H8Cl2. The van der Waals surface area contributed by atoms with Gasteiger partial charge in [0.25, 0.3) is 0 Å². The highest BCUT2D eigenvalue weighted by Crippen LogP contribution is 2.24. The van der Waals surface area contributed by atoms with E-state index in [1.165, 1.54) is 0 Å². The van der Waals surface area contributed by atoms with Crippen LogP contribution in [0.2, 0.25) is 10.0 Å². The van der Waals surface area contributed by atoms with Crippen molar-refractivity contribution in [2.45, 2.75) is 0 Å². The Morgan fingerprint density at radius 2 is 1.29 bits per heavy atom. The average molecular weight is 225 g/mol. The Morgan fingerprint density at radius 3 is 1.64 bits per heavy atom. The standard InChI is InChI=1S/C12H8Cl2/c13-11-5-1-3-9(7-11)10-4-2-6-12(14)8-10/h1-8H/i5D,6D. The normalized spacial score (nSPS) is 12.1. The lowest BCUT2D eigenvalue weighted by molar-refractivity contribution is 1.62. The summed E-state index contributed by atoms with van der Waals surface area (Å²) in [5, 5.41) is 0.812. The van der Waals surface area contributed by atoms with Crippen LogP contribution in [0.3, 0.4) is 0 Å². The highest BCUT2D eigenvalue weighted by atomic mass is 35.5. The summed E-state index contributed by atoms with van der Waals surface area (Å²) in [6, 6.07) is 10.9. The molecule has 0 heterocycles. The lowest BCUT2D eigenvalue weighted by Gasteiger charge is -2.02. The predicted octanol–water partition coefficient (Wildman–Crippen LogP) is 4.66. The summed E-state index contributed by atoms with van der Waals surface area (Å²) < 4.78 is 14.9. The lowest BCUT2D eigenvalue weighted by atomic mass is 10.1. The minimum Gasteiger partial charge on any atom is -0.0843 e. The third-order valence-corrected chi connectivity index (χ3v) is 2.30. The summed E-state index contributed by atoms with van der Waals surface area (Å²) in [6.45, 7) is 0. The molecule has 0 aliphatic heterocycles. The van der Waals surface area contributed by atoms with E-state index in [-0.39, 0.29) is 0 Å². The van der Waals surface area contributed by atoms with Gasteiger partial charge >= 0.3 is 0 Å². The van der Waals surface area contributed by atoms with Crippen molar-refractivity contribution in [2.24, 2.45) is 0 Å². The second-order valence-electron chi connectivity index (χ2n) is 2.85. The van der Waals surface area contributed by atoms with E-state index in [2.05, 4.69) is 0 Å². The monoisotopic (exact) mass is 224 g/mol. The fourth-order valence-electron chi connectivity index (χ4n) is 1.23. The summed E-state index contributed by atoms with van der Waals surface area (Å²) in [5.74, 6) is 0. The number of hydrogen-bond donors (Lipinski definition) is 0. The maximum atomic E-state index is 7.47. The Kier molecular flexibility index (Phi) is 2.11. The molecule has 0 radical (unpaired) electrons. The fourth-order valence-corrected chi connectivity index (χ4v) is 1.59. The Bertz CT molecular complexity index is 489. The molecule has 0 fully saturated rings. The molecule has 0 nitrogen and oxygen atoms in total. The first-order chi connectivity index (χ1) is 7.58. The molecule has 0 atom stereocenters. The lowest BCUT2D eigenvalue weighted by Crippen LogP contribution is -1.76. The van der Waals surface area contributed by atoms with Gasteiger partial charge in [-0.05, 0) is 35.3 Å². The first-order valence-corrected chi connectivity index (χ1v) is 4.86. The molecule has 0 aliphatic carbocycles. The molecule has 2 rings (SSSR count). The summed E-state index contributed by atoms with van der Waals surface area (Å²) in [5.41, 5.74) is 1.78. The zero-order chi connectivity index (χ0) is 11.7. The van der Waals surface area contributed by atoms with Crippen molar-refractivity contribution in [3.63, 3.8) is 0 Å². The third-order valence-electron chi connectivity index (χ3n) is 1.87. The van der Waals surface area contributed by atoms with Crippen LogP contribution in [0.25, 0.3) is 11.1 Å². The highest BCUT2D eigenvalue weighted by molar-refractivity contribution is 6.31. The number of halogens is 2. The molecule has 0 spiro atoms. The van der Waals surface area contributed by atoms with Gasteiger partial charge in [-0.3, -0.25) is 0 Å². The van der Waals surface area contributed by atoms with Crippen molar-refractivity contribution in [1.29, 1.82) is 0 Å². The molecule has 2 heteroatoms. The Balaban J connectivity index is 2.50. The Morgan fingerprint density at radius 1 is 0.857 bits per heavy atom. The molecule has 0 bridgehead atoms. The van der Waals surface area contributed by atoms with Crippen molar-refractivity contribution in [1.82, 2.24) is 0 Å². The Labute approximate surface area is 95.9 Å². The van der Waals surface area contributed by atoms with E-state index in [9.17, 15) is 0 Å². The van der Waals surface area contributed by atoms with Gasteiger partial charge in [0.15, 0.2) is 0 Å². The van der Waals surface area contributed by atoms with Gasteiger partial charge in [-0.15, -0.1) is 0 Å². The molecule has 0 saturated heterocycles. The van der Waals surface area contributed by atoms with Crippen LogP contribution >= 0.6 is 23.2 Å². The summed E-state index contributed by atoms with van der Waals surface area (Å²) in [7, 11) is 0. The van der Waals surface area contributed by atoms with Crippen LogP contribution in [0.4, 0.5) is 0 Å². The summed E-state index contributed by atoms with van der Waals surface area (Å²) in [6.07, 6.45) is 0. The topological polar surface area (TPSA) is 0 Å². The van der Waals surface area contributed by atoms with Gasteiger partial charge in [-0.25, -0.2) is 0 Å². The largest absolute Gasteiger partial charge is 0.0843 e. The first kappa shape index (κ1) is 7.33. The number of benzene rings is 2. The van der Waals surface area contributed by atoms with Gasteiger partial charge in [0.05, 0.1) is 2.74 Å². The van der Waals surface area contributed by atoms with Gasteiger partial charge in [0, 0.05) is 10.0 Å². The van der Waals surface area contributed by atoms with E-state index in [4.69, 9.17) is 25.9 Å². The van der Waals surface area contributed by atoms with E-state index in [0.717, 1.165) is 11.1 Å². The van der Waals surface area contributed by atoms with E-state index in [1.54, 1.807) is 24.3 Å². The van der Waals surface area contributed by atoms with Crippen molar-refractivity contribution < 1.29 is 2.74 Å². The van der Waals surface area contributed by atoms with E-state index >= 15 is 0 Å². The van der Waals surface area contributed by atoms with Gasteiger partial charge in [0.2, 0.25) is 0 Å². The van der Waals surface area contributed by atoms with E-state index in [1.807, 2.05) is 12.1 Å². The van der Waals surface area contributed by atoms with Crippen LogP contribution in [0.1, 0.15) is 2.74 Å². The average Bonchev–Trinajstić information content (AvgIpc) is 2.26. The van der Waals surface area contributed by atoms with Crippen molar-refractivity contribution >= 4 is 23.2 Å². The summed E-state index contributed by atoms with van der Waals surface area (Å²) >= 11 is 11.8. The van der Waals surface area contributed by atoms with Crippen molar-refractivity contribution in [3.8, 4) is 11.1 Å². The smallest absolute Gasteiger partial charge is 0.0638 e. The predicted molar refractivity (Wildman–Crippen MR) is 61.9 cm³/mol. The molecule has 14 heavy (non-hydrogen) atoms. The molecule has 2 aromatic rings. The van der Waals surface area contributed by atoms with Gasteiger partial charge in [-0.2, -0.15) is 0 Å². The SMILES string of the molecule is [2H]c1ccc(-c2ccc([2H])c(Cl)c2)cc1Cl. The second kappa shape index (κ2) is 4.04. The van der Waals surface area contributed by atoms with Gasteiger partial charge < -0.3 is 0 Å². The zero-order valence-corrected chi connectivity index (χ0v) is 8.73. The molecule has 70 valence electrons. The van der Waals surface area contributed by atoms with Gasteiger partial charge in [-0.1, -0.05) is 47.5 Å². The van der Waals surface area contributed by atoms with Crippen LogP contribution in [-0.4, -0.2) is 0 Å². The minimum atomic E-state index is 0.300. The fraction of sp³-hybridized carbons (Fsp3) is 0. The number of hydrogen-bond acceptors (Lipinski definition) is 0. The molecule has 2 aromatic carbocycles. The quantitative estimate of drug-likeness (QED) is 0.662. The van der Waals surface area contributed by atoms with Crippen LogP contribution < -0.4 is 0 Å². The minimum absolute atomic E-state index is 0.300. The second-order valence-corrected chi connectivity index (χ2v) is 3.66. The van der Waals surface area contributed by atoms with Crippen LogP contribution in [0.5, 0.6) is 0 Å². The molecule has 0 aliphatic rings. The summed E-state index contributed by atoms with van der Waals surface area (Å²) in [4.78, 5) is 0. The molecule has 0 amide bonds. The van der Waals surface area contributed by atoms with E-state index < -0.39 is 0 Å². The maximum Gasteiger partial charge on any atom is 0.0638 e. The van der Waals surface area contributed by atoms with Crippen molar-refractivity contribution in [2.75, 3.05) is 0 Å². The maximum absolute atomic E-state index is 7.47. The van der Waals surface area contributed by atoms with Crippen LogP contribution in [0.15, 0.2) is 48.5 Å². The van der Waals surface area contributed by atoms with Crippen molar-refractivity contribution in [3.05, 3.63) is 58.5 Å². The number of rotatable bonds is 1. The molecule has 0 aromatic heterocycles. The van der Waals surface area contributed by atoms with Crippen LogP contribution in [0, 0.1) is 0 Å². The zero-order valence-electron chi connectivity index (χ0n) is 9.22. The van der Waals surface area contributed by atoms with E-state index in [0.29, 0.717) is 22.1 Å². The van der Waals surface area contributed by atoms with Gasteiger partial charge in [0.1, 0.15) is 0 Å². The first-order valence-electron chi connectivity index (χ1n) is 5.10.